The minimum absolute atomic E-state index is 0.247. The second-order valence-electron chi connectivity index (χ2n) is 7.22. The molecule has 0 aliphatic carbocycles. The predicted molar refractivity (Wildman–Crippen MR) is 103 cm³/mol. The van der Waals surface area contributed by atoms with Crippen LogP contribution in [0.5, 0.6) is 5.75 Å². The molecule has 1 heterocycles. The van der Waals surface area contributed by atoms with E-state index in [1.165, 1.54) is 7.11 Å². The number of rotatable bonds is 8. The summed E-state index contributed by atoms with van der Waals surface area (Å²) in [5, 5.41) is 9.98. The topological polar surface area (TPSA) is 73.5 Å². The number of esters is 1. The number of carbonyl (C=O) groups is 1. The molecule has 0 saturated carbocycles. The molecule has 1 aromatic heterocycles. The number of nitrogens with zero attached hydrogens (tertiary/aromatic N) is 2. The first kappa shape index (κ1) is 20.0. The number of carbonyl (C=O) groups excluding carboxylic acids is 1. The smallest absolute Gasteiger partial charge is 0.355 e. The van der Waals surface area contributed by atoms with Gasteiger partial charge in [-0.15, -0.1) is 0 Å². The van der Waals surface area contributed by atoms with Gasteiger partial charge in [-0.05, 0) is 31.2 Å². The van der Waals surface area contributed by atoms with Crippen molar-refractivity contribution in [1.29, 1.82) is 5.26 Å². The lowest BCUT2D eigenvalue weighted by atomic mass is 10.1. The van der Waals surface area contributed by atoms with Crippen molar-refractivity contribution in [1.82, 2.24) is 4.57 Å². The molecule has 0 amide bonds. The molecule has 140 valence electrons. The summed E-state index contributed by atoms with van der Waals surface area (Å²) in [4.78, 5) is 12.4. The van der Waals surface area contributed by atoms with Crippen molar-refractivity contribution >= 4 is 24.9 Å². The SMILES string of the molecule is CCOC(=O)c1cc2c(OC)c(C#N)ccc2n1COCC[Si](C)(C)C. The van der Waals surface area contributed by atoms with Gasteiger partial charge in [-0.25, -0.2) is 4.79 Å². The third-order valence-electron chi connectivity index (χ3n) is 4.06. The number of fused-ring (bicyclic) bond motifs is 1. The van der Waals surface area contributed by atoms with Gasteiger partial charge in [0.1, 0.15) is 24.2 Å². The zero-order valence-electron chi connectivity index (χ0n) is 16.1. The number of benzene rings is 1. The van der Waals surface area contributed by atoms with Crippen molar-refractivity contribution in [3.8, 4) is 11.8 Å². The van der Waals surface area contributed by atoms with Crippen molar-refractivity contribution in [2.75, 3.05) is 20.3 Å². The Kier molecular flexibility index (Phi) is 6.45. The highest BCUT2D eigenvalue weighted by molar-refractivity contribution is 6.76. The third-order valence-corrected chi connectivity index (χ3v) is 5.77. The molecule has 0 aliphatic heterocycles. The van der Waals surface area contributed by atoms with E-state index in [0.29, 0.717) is 29.0 Å². The lowest BCUT2D eigenvalue weighted by Gasteiger charge is -2.16. The highest BCUT2D eigenvalue weighted by Gasteiger charge is 2.21. The van der Waals surface area contributed by atoms with Gasteiger partial charge in [-0.1, -0.05) is 19.6 Å². The minimum atomic E-state index is -1.19. The van der Waals surface area contributed by atoms with E-state index < -0.39 is 14.0 Å². The van der Waals surface area contributed by atoms with Crippen LogP contribution >= 0.6 is 0 Å². The monoisotopic (exact) mass is 374 g/mol. The first-order valence-electron chi connectivity index (χ1n) is 8.67. The molecule has 26 heavy (non-hydrogen) atoms. The van der Waals surface area contributed by atoms with Crippen LogP contribution in [0.2, 0.25) is 25.7 Å². The molecular formula is C19H26N2O4Si. The molecule has 0 spiro atoms. The molecule has 2 rings (SSSR count). The second-order valence-corrected chi connectivity index (χ2v) is 12.8. The molecule has 0 saturated heterocycles. The molecule has 0 bridgehead atoms. The van der Waals surface area contributed by atoms with Crippen LogP contribution in [0.4, 0.5) is 0 Å². The Morgan fingerprint density at radius 2 is 2.04 bits per heavy atom. The molecule has 6 nitrogen and oxygen atoms in total. The lowest BCUT2D eigenvalue weighted by Crippen LogP contribution is -2.22. The van der Waals surface area contributed by atoms with E-state index in [0.717, 1.165) is 11.6 Å². The maximum atomic E-state index is 12.4. The minimum Gasteiger partial charge on any atom is -0.495 e. The Labute approximate surface area is 155 Å². The Balaban J connectivity index is 2.42. The summed E-state index contributed by atoms with van der Waals surface area (Å²) < 4.78 is 18.2. The van der Waals surface area contributed by atoms with E-state index in [4.69, 9.17) is 14.2 Å². The third kappa shape index (κ3) is 4.45. The summed E-state index contributed by atoms with van der Waals surface area (Å²) in [5.74, 6) is 0.0365. The normalized spacial score (nSPS) is 11.4. The summed E-state index contributed by atoms with van der Waals surface area (Å²) in [7, 11) is 0.325. The van der Waals surface area contributed by atoms with E-state index in [9.17, 15) is 10.1 Å². The number of hydrogen-bond donors (Lipinski definition) is 0. The summed E-state index contributed by atoms with van der Waals surface area (Å²) in [6.45, 7) is 9.82. The van der Waals surface area contributed by atoms with Gasteiger partial charge >= 0.3 is 5.97 Å². The van der Waals surface area contributed by atoms with Gasteiger partial charge < -0.3 is 18.8 Å². The first-order chi connectivity index (χ1) is 12.3. The predicted octanol–water partition coefficient (Wildman–Crippen LogP) is 4.01. The molecule has 0 N–H and O–H groups in total. The summed E-state index contributed by atoms with van der Waals surface area (Å²) in [5.41, 5.74) is 1.59. The highest BCUT2D eigenvalue weighted by atomic mass is 28.3. The molecular weight excluding hydrogens is 348 g/mol. The number of ether oxygens (including phenoxy) is 3. The van der Waals surface area contributed by atoms with E-state index in [2.05, 4.69) is 25.7 Å². The van der Waals surface area contributed by atoms with Crippen LogP contribution in [0.15, 0.2) is 18.2 Å². The zero-order chi connectivity index (χ0) is 19.3. The average molecular weight is 375 g/mol. The molecule has 1 aromatic carbocycles. The van der Waals surface area contributed by atoms with Gasteiger partial charge in [-0.2, -0.15) is 5.26 Å². The van der Waals surface area contributed by atoms with Crippen molar-refractivity contribution in [3.63, 3.8) is 0 Å². The van der Waals surface area contributed by atoms with Crippen LogP contribution in [-0.4, -0.2) is 38.9 Å². The standard InChI is InChI=1S/C19H26N2O4Si/c1-6-25-19(22)17-11-15-16(8-7-14(12-20)18(15)23-2)21(17)13-24-9-10-26(3,4)5/h7-8,11H,6,9-10,13H2,1-5H3. The Morgan fingerprint density at radius 1 is 1.31 bits per heavy atom. The van der Waals surface area contributed by atoms with Gasteiger partial charge in [0, 0.05) is 20.1 Å². The zero-order valence-corrected chi connectivity index (χ0v) is 17.1. The largest absolute Gasteiger partial charge is 0.495 e. The van der Waals surface area contributed by atoms with E-state index >= 15 is 0 Å². The molecule has 0 fully saturated rings. The molecule has 0 atom stereocenters. The maximum absolute atomic E-state index is 12.4. The Bertz CT molecular complexity index is 831. The van der Waals surface area contributed by atoms with Crippen LogP contribution in [0, 0.1) is 11.3 Å². The number of nitriles is 1. The molecule has 2 aromatic rings. The van der Waals surface area contributed by atoms with Crippen LogP contribution in [0.3, 0.4) is 0 Å². The van der Waals surface area contributed by atoms with Crippen LogP contribution in [0.1, 0.15) is 23.0 Å². The van der Waals surface area contributed by atoms with Gasteiger partial charge in [0.15, 0.2) is 0 Å². The van der Waals surface area contributed by atoms with Crippen LogP contribution in [-0.2, 0) is 16.2 Å². The molecule has 0 aliphatic rings. The second kappa shape index (κ2) is 8.38. The Morgan fingerprint density at radius 3 is 2.62 bits per heavy atom. The van der Waals surface area contributed by atoms with E-state index in [1.54, 1.807) is 29.7 Å². The van der Waals surface area contributed by atoms with Crippen LogP contribution < -0.4 is 4.74 Å². The highest BCUT2D eigenvalue weighted by Crippen LogP contribution is 2.32. The summed E-state index contributed by atoms with van der Waals surface area (Å²) in [6.07, 6.45) is 0. The van der Waals surface area contributed by atoms with Crippen molar-refractivity contribution in [3.05, 3.63) is 29.5 Å². The van der Waals surface area contributed by atoms with Gasteiger partial charge in [0.2, 0.25) is 0 Å². The molecule has 0 unspecified atom stereocenters. The fraction of sp³-hybridized carbons (Fsp3) is 0.474. The van der Waals surface area contributed by atoms with Crippen molar-refractivity contribution in [2.45, 2.75) is 39.3 Å². The average Bonchev–Trinajstić information content (AvgIpc) is 2.95. The van der Waals surface area contributed by atoms with Gasteiger partial charge in [0.05, 0.1) is 24.8 Å². The van der Waals surface area contributed by atoms with E-state index in [-0.39, 0.29) is 13.3 Å². The first-order valence-corrected chi connectivity index (χ1v) is 12.4. The van der Waals surface area contributed by atoms with E-state index in [1.807, 2.05) is 0 Å². The van der Waals surface area contributed by atoms with Gasteiger partial charge in [-0.3, -0.25) is 0 Å². The molecule has 0 radical (unpaired) electrons. The quantitative estimate of drug-likeness (QED) is 0.396. The molecule has 7 heteroatoms. The van der Waals surface area contributed by atoms with Crippen molar-refractivity contribution < 1.29 is 19.0 Å². The fourth-order valence-corrected chi connectivity index (χ4v) is 3.42. The van der Waals surface area contributed by atoms with Crippen LogP contribution in [0.25, 0.3) is 10.9 Å². The Hall–Kier alpha value is -2.30. The summed E-state index contributed by atoms with van der Waals surface area (Å²) in [6, 6.07) is 8.36. The number of hydrogen-bond acceptors (Lipinski definition) is 5. The lowest BCUT2D eigenvalue weighted by molar-refractivity contribution is 0.0478. The number of methoxy groups -OCH3 is 1. The maximum Gasteiger partial charge on any atom is 0.355 e. The summed E-state index contributed by atoms with van der Waals surface area (Å²) >= 11 is 0. The fourth-order valence-electron chi connectivity index (χ4n) is 2.66. The number of aromatic nitrogens is 1. The van der Waals surface area contributed by atoms with Crippen molar-refractivity contribution in [2.24, 2.45) is 0 Å². The van der Waals surface area contributed by atoms with Gasteiger partial charge in [0.25, 0.3) is 0 Å².